The van der Waals surface area contributed by atoms with Gasteiger partial charge >= 0.3 is 0 Å². The molecule has 6 heteroatoms. The Kier molecular flexibility index (Phi) is 8.55. The van der Waals surface area contributed by atoms with E-state index in [0.29, 0.717) is 22.5 Å². The Balaban J connectivity index is 0.00000242. The topological polar surface area (TPSA) is 32.3 Å². The molecule has 1 unspecified atom stereocenters. The van der Waals surface area contributed by atoms with Gasteiger partial charge in [-0.1, -0.05) is 29.3 Å². The fraction of sp³-hybridized carbons (Fsp3) is 0.562. The summed E-state index contributed by atoms with van der Waals surface area (Å²) in [7, 11) is 1.94. The van der Waals surface area contributed by atoms with Crippen LogP contribution in [0.3, 0.4) is 0 Å². The van der Waals surface area contributed by atoms with E-state index in [-0.39, 0.29) is 18.3 Å². The second kappa shape index (κ2) is 9.61. The summed E-state index contributed by atoms with van der Waals surface area (Å²) in [5.74, 6) is 0.271. The summed E-state index contributed by atoms with van der Waals surface area (Å²) in [5, 5.41) is 4.32. The standard InChI is InChI=1S/C16H22Cl2N2O.ClH/c1-19-11-13-5-3-9-20(13)16(21)6-2-4-12-7-8-14(17)15(18)10-12;/h7-8,10,13,19H,2-6,9,11H2,1H3;1H. The quantitative estimate of drug-likeness (QED) is 0.828. The van der Waals surface area contributed by atoms with E-state index >= 15 is 0 Å². The Bertz CT molecular complexity index is 496. The van der Waals surface area contributed by atoms with E-state index in [1.165, 1.54) is 0 Å². The van der Waals surface area contributed by atoms with Gasteiger partial charge in [0.1, 0.15) is 0 Å². The number of halogens is 3. The van der Waals surface area contributed by atoms with E-state index in [0.717, 1.165) is 44.3 Å². The SMILES string of the molecule is CNCC1CCCN1C(=O)CCCc1ccc(Cl)c(Cl)c1.Cl. The molecule has 0 saturated carbocycles. The Hall–Kier alpha value is -0.480. The highest BCUT2D eigenvalue weighted by molar-refractivity contribution is 6.42. The van der Waals surface area contributed by atoms with Gasteiger partial charge in [0.05, 0.1) is 10.0 Å². The normalized spacial score (nSPS) is 17.4. The third-order valence-electron chi connectivity index (χ3n) is 3.98. The first kappa shape index (κ1) is 19.6. The first-order chi connectivity index (χ1) is 10.1. The van der Waals surface area contributed by atoms with Crippen LogP contribution in [0.25, 0.3) is 0 Å². The molecule has 0 radical (unpaired) electrons. The number of likely N-dealkylation sites (tertiary alicyclic amines) is 1. The minimum atomic E-state index is 0. The summed E-state index contributed by atoms with van der Waals surface area (Å²) in [6.45, 7) is 1.79. The second-order valence-electron chi connectivity index (χ2n) is 5.54. The molecule has 1 aromatic rings. The van der Waals surface area contributed by atoms with Crippen molar-refractivity contribution < 1.29 is 4.79 Å². The van der Waals surface area contributed by atoms with Gasteiger partial charge in [0, 0.05) is 25.6 Å². The predicted octanol–water partition coefficient (Wildman–Crippen LogP) is 3.95. The molecule has 22 heavy (non-hydrogen) atoms. The van der Waals surface area contributed by atoms with Gasteiger partial charge in [-0.15, -0.1) is 12.4 Å². The van der Waals surface area contributed by atoms with Crippen LogP contribution in [-0.4, -0.2) is 37.0 Å². The molecule has 1 N–H and O–H groups in total. The number of carbonyl (C=O) groups is 1. The van der Waals surface area contributed by atoms with Gasteiger partial charge in [-0.2, -0.15) is 0 Å². The van der Waals surface area contributed by atoms with Crippen molar-refractivity contribution in [3.05, 3.63) is 33.8 Å². The lowest BCUT2D eigenvalue weighted by atomic mass is 10.1. The second-order valence-corrected chi connectivity index (χ2v) is 6.36. The molecule has 1 aliphatic heterocycles. The number of carbonyl (C=O) groups excluding carboxylic acids is 1. The fourth-order valence-corrected chi connectivity index (χ4v) is 3.22. The van der Waals surface area contributed by atoms with E-state index < -0.39 is 0 Å². The lowest BCUT2D eigenvalue weighted by molar-refractivity contribution is -0.132. The van der Waals surface area contributed by atoms with E-state index in [1.54, 1.807) is 0 Å². The first-order valence-corrected chi connectivity index (χ1v) is 8.25. The molecule has 0 bridgehead atoms. The molecule has 1 atom stereocenters. The van der Waals surface area contributed by atoms with Crippen LogP contribution >= 0.6 is 35.6 Å². The number of likely N-dealkylation sites (N-methyl/N-ethyl adjacent to an activating group) is 1. The number of rotatable bonds is 6. The molecule has 1 aliphatic rings. The minimum absolute atomic E-state index is 0. The number of hydrogen-bond acceptors (Lipinski definition) is 2. The summed E-state index contributed by atoms with van der Waals surface area (Å²) in [6.07, 6.45) is 4.53. The third-order valence-corrected chi connectivity index (χ3v) is 4.72. The van der Waals surface area contributed by atoms with Gasteiger partial charge in [-0.05, 0) is 50.4 Å². The van der Waals surface area contributed by atoms with E-state index in [9.17, 15) is 4.79 Å². The molecule has 2 rings (SSSR count). The van der Waals surface area contributed by atoms with Crippen LogP contribution in [0.2, 0.25) is 10.0 Å². The highest BCUT2D eigenvalue weighted by atomic mass is 35.5. The van der Waals surface area contributed by atoms with Gasteiger partial charge in [-0.25, -0.2) is 0 Å². The lowest BCUT2D eigenvalue weighted by Crippen LogP contribution is -2.40. The zero-order valence-electron chi connectivity index (χ0n) is 12.8. The molecular formula is C16H23Cl3N2O. The lowest BCUT2D eigenvalue weighted by Gasteiger charge is -2.24. The average Bonchev–Trinajstić information content (AvgIpc) is 2.91. The monoisotopic (exact) mass is 364 g/mol. The predicted molar refractivity (Wildman–Crippen MR) is 95.3 cm³/mol. The molecule has 124 valence electrons. The zero-order chi connectivity index (χ0) is 15.2. The molecule has 1 saturated heterocycles. The summed E-state index contributed by atoms with van der Waals surface area (Å²) >= 11 is 11.9. The number of aryl methyl sites for hydroxylation is 1. The van der Waals surface area contributed by atoms with Crippen LogP contribution in [0.4, 0.5) is 0 Å². The average molecular weight is 366 g/mol. The molecule has 1 fully saturated rings. The van der Waals surface area contributed by atoms with Crippen molar-refractivity contribution in [3.8, 4) is 0 Å². The number of nitrogens with one attached hydrogen (secondary N) is 1. The van der Waals surface area contributed by atoms with Gasteiger partial charge < -0.3 is 10.2 Å². The minimum Gasteiger partial charge on any atom is -0.338 e. The van der Waals surface area contributed by atoms with Crippen molar-refractivity contribution in [1.82, 2.24) is 10.2 Å². The maximum Gasteiger partial charge on any atom is 0.222 e. The summed E-state index contributed by atoms with van der Waals surface area (Å²) < 4.78 is 0. The highest BCUT2D eigenvalue weighted by Crippen LogP contribution is 2.24. The summed E-state index contributed by atoms with van der Waals surface area (Å²) in [5.41, 5.74) is 1.13. The molecule has 1 heterocycles. The summed E-state index contributed by atoms with van der Waals surface area (Å²) in [6, 6.07) is 6.03. The van der Waals surface area contributed by atoms with Crippen molar-refractivity contribution in [1.29, 1.82) is 0 Å². The Morgan fingerprint density at radius 3 is 2.82 bits per heavy atom. The molecule has 1 amide bonds. The van der Waals surface area contributed by atoms with Crippen molar-refractivity contribution in [2.75, 3.05) is 20.1 Å². The van der Waals surface area contributed by atoms with Crippen LogP contribution in [0, 0.1) is 0 Å². The van der Waals surface area contributed by atoms with Gasteiger partial charge in [0.15, 0.2) is 0 Å². The van der Waals surface area contributed by atoms with Crippen LogP contribution in [0.5, 0.6) is 0 Å². The van der Waals surface area contributed by atoms with Crippen LogP contribution < -0.4 is 5.32 Å². The molecule has 0 aliphatic carbocycles. The number of benzene rings is 1. The van der Waals surface area contributed by atoms with E-state index in [2.05, 4.69) is 5.32 Å². The fourth-order valence-electron chi connectivity index (χ4n) is 2.89. The number of amides is 1. The molecular weight excluding hydrogens is 343 g/mol. The highest BCUT2D eigenvalue weighted by Gasteiger charge is 2.27. The molecule has 0 spiro atoms. The van der Waals surface area contributed by atoms with Gasteiger partial charge in [-0.3, -0.25) is 4.79 Å². The zero-order valence-corrected chi connectivity index (χ0v) is 15.1. The van der Waals surface area contributed by atoms with Crippen molar-refractivity contribution in [2.45, 2.75) is 38.1 Å². The molecule has 0 aromatic heterocycles. The van der Waals surface area contributed by atoms with Crippen molar-refractivity contribution in [2.24, 2.45) is 0 Å². The van der Waals surface area contributed by atoms with Crippen LogP contribution in [-0.2, 0) is 11.2 Å². The first-order valence-electron chi connectivity index (χ1n) is 7.50. The summed E-state index contributed by atoms with van der Waals surface area (Å²) in [4.78, 5) is 14.3. The Morgan fingerprint density at radius 1 is 1.36 bits per heavy atom. The Morgan fingerprint density at radius 2 is 2.14 bits per heavy atom. The maximum absolute atomic E-state index is 12.3. The third kappa shape index (κ3) is 5.31. The molecule has 3 nitrogen and oxygen atoms in total. The van der Waals surface area contributed by atoms with Crippen LogP contribution in [0.1, 0.15) is 31.2 Å². The van der Waals surface area contributed by atoms with Gasteiger partial charge in [0.2, 0.25) is 5.91 Å². The Labute approximate surface area is 148 Å². The van der Waals surface area contributed by atoms with E-state index in [4.69, 9.17) is 23.2 Å². The van der Waals surface area contributed by atoms with Crippen molar-refractivity contribution >= 4 is 41.5 Å². The maximum atomic E-state index is 12.3. The van der Waals surface area contributed by atoms with Gasteiger partial charge in [0.25, 0.3) is 0 Å². The van der Waals surface area contributed by atoms with E-state index in [1.807, 2.05) is 30.1 Å². The van der Waals surface area contributed by atoms with Crippen LogP contribution in [0.15, 0.2) is 18.2 Å². The molecule has 1 aromatic carbocycles. The smallest absolute Gasteiger partial charge is 0.222 e. The number of nitrogens with zero attached hydrogens (tertiary/aromatic N) is 1. The number of hydrogen-bond donors (Lipinski definition) is 1. The largest absolute Gasteiger partial charge is 0.338 e. The van der Waals surface area contributed by atoms with Crippen molar-refractivity contribution in [3.63, 3.8) is 0 Å².